The Hall–Kier alpha value is -3.91. The van der Waals surface area contributed by atoms with E-state index in [-0.39, 0.29) is 0 Å². The van der Waals surface area contributed by atoms with E-state index in [1.807, 2.05) is 6.20 Å². The van der Waals surface area contributed by atoms with Gasteiger partial charge in [0.25, 0.3) is 0 Å². The number of nitrogens with zero attached hydrogens (tertiary/aromatic N) is 2. The summed E-state index contributed by atoms with van der Waals surface area (Å²) in [5.74, 6) is 0. The van der Waals surface area contributed by atoms with Crippen LogP contribution in [0.15, 0.2) is 85.1 Å². The first-order valence-electron chi connectivity index (χ1n) is 11.5. The molecule has 0 unspecified atom stereocenters. The molecule has 6 aromatic rings. The number of aromatic nitrogens is 2. The maximum absolute atomic E-state index is 4.83. The van der Waals surface area contributed by atoms with E-state index in [4.69, 9.17) is 4.98 Å². The van der Waals surface area contributed by atoms with Crippen molar-refractivity contribution in [1.82, 2.24) is 9.38 Å². The van der Waals surface area contributed by atoms with Crippen LogP contribution >= 0.6 is 0 Å². The van der Waals surface area contributed by atoms with Crippen molar-refractivity contribution in [2.75, 3.05) is 0 Å². The molecule has 0 aliphatic heterocycles. The monoisotopic (exact) mass is 426 g/mol. The highest BCUT2D eigenvalue weighted by molar-refractivity contribution is 6.18. The van der Waals surface area contributed by atoms with Crippen molar-refractivity contribution in [3.05, 3.63) is 107 Å². The first kappa shape index (κ1) is 19.8. The zero-order valence-corrected chi connectivity index (χ0v) is 19.5. The van der Waals surface area contributed by atoms with Gasteiger partial charge >= 0.3 is 0 Å². The molecule has 2 nitrogen and oxygen atoms in total. The Bertz CT molecular complexity index is 1680. The fourth-order valence-corrected chi connectivity index (χ4v) is 5.42. The second kappa shape index (κ2) is 7.31. The summed E-state index contributed by atoms with van der Waals surface area (Å²) in [6.45, 7) is 8.73. The summed E-state index contributed by atoms with van der Waals surface area (Å²) in [4.78, 5) is 4.83. The Balaban J connectivity index is 1.83. The fraction of sp³-hybridized carbons (Fsp3) is 0.129. The van der Waals surface area contributed by atoms with Gasteiger partial charge in [-0.05, 0) is 78.8 Å². The van der Waals surface area contributed by atoms with Crippen LogP contribution in [0.1, 0.15) is 22.4 Å². The summed E-state index contributed by atoms with van der Waals surface area (Å²) in [5.41, 5.74) is 12.4. The van der Waals surface area contributed by atoms with E-state index in [9.17, 15) is 0 Å². The zero-order chi connectivity index (χ0) is 22.7. The summed E-state index contributed by atoms with van der Waals surface area (Å²) < 4.78 is 2.30. The summed E-state index contributed by atoms with van der Waals surface area (Å²) in [7, 11) is 0. The molecule has 0 saturated heterocycles. The number of hydrogen-bond acceptors (Lipinski definition) is 1. The van der Waals surface area contributed by atoms with Gasteiger partial charge in [0, 0.05) is 28.0 Å². The van der Waals surface area contributed by atoms with Crippen molar-refractivity contribution < 1.29 is 0 Å². The lowest BCUT2D eigenvalue weighted by Gasteiger charge is -2.17. The number of pyridine rings is 1. The van der Waals surface area contributed by atoms with Crippen LogP contribution in [0, 0.1) is 27.7 Å². The Morgan fingerprint density at radius 3 is 2.12 bits per heavy atom. The van der Waals surface area contributed by atoms with Gasteiger partial charge in [-0.1, -0.05) is 66.7 Å². The minimum Gasteiger partial charge on any atom is -0.296 e. The second-order valence-corrected chi connectivity index (χ2v) is 9.10. The van der Waals surface area contributed by atoms with Crippen molar-refractivity contribution in [1.29, 1.82) is 0 Å². The Morgan fingerprint density at radius 1 is 0.636 bits per heavy atom. The molecule has 0 bridgehead atoms. The lowest BCUT2D eigenvalue weighted by atomic mass is 9.90. The van der Waals surface area contributed by atoms with Gasteiger partial charge in [0.15, 0.2) is 0 Å². The van der Waals surface area contributed by atoms with Crippen molar-refractivity contribution in [2.24, 2.45) is 0 Å². The molecule has 0 aliphatic rings. The van der Waals surface area contributed by atoms with Crippen molar-refractivity contribution in [3.63, 3.8) is 0 Å². The van der Waals surface area contributed by atoms with Crippen LogP contribution < -0.4 is 0 Å². The SMILES string of the molecule is Cc1ccccc1-c1cccc2c1c1cc(-c3c(C)cccc3C)ccc1n1c(C)cnc21. The van der Waals surface area contributed by atoms with Crippen LogP contribution in [0.4, 0.5) is 0 Å². The van der Waals surface area contributed by atoms with Crippen LogP contribution in [-0.4, -0.2) is 9.38 Å². The first-order chi connectivity index (χ1) is 16.0. The van der Waals surface area contributed by atoms with Crippen molar-refractivity contribution >= 4 is 27.3 Å². The third kappa shape index (κ3) is 2.91. The zero-order valence-electron chi connectivity index (χ0n) is 19.5. The van der Waals surface area contributed by atoms with Gasteiger partial charge in [-0.2, -0.15) is 0 Å². The van der Waals surface area contributed by atoms with Gasteiger partial charge in [0.05, 0.1) is 5.52 Å². The topological polar surface area (TPSA) is 17.3 Å². The molecule has 0 N–H and O–H groups in total. The molecule has 0 saturated carbocycles. The minimum absolute atomic E-state index is 1.02. The number of rotatable bonds is 2. The van der Waals surface area contributed by atoms with E-state index in [0.29, 0.717) is 0 Å². The summed E-state index contributed by atoms with van der Waals surface area (Å²) >= 11 is 0. The number of benzene rings is 4. The number of hydrogen-bond donors (Lipinski definition) is 0. The van der Waals surface area contributed by atoms with Crippen LogP contribution in [0.5, 0.6) is 0 Å². The number of aryl methyl sites for hydroxylation is 4. The van der Waals surface area contributed by atoms with Crippen molar-refractivity contribution in [3.8, 4) is 22.3 Å². The molecule has 160 valence electrons. The van der Waals surface area contributed by atoms with Gasteiger partial charge in [0.1, 0.15) is 5.65 Å². The first-order valence-corrected chi connectivity index (χ1v) is 11.5. The molecule has 0 aliphatic carbocycles. The molecule has 0 amide bonds. The average Bonchev–Trinajstić information content (AvgIpc) is 3.21. The highest BCUT2D eigenvalue weighted by atomic mass is 15.0. The lowest BCUT2D eigenvalue weighted by molar-refractivity contribution is 1.17. The van der Waals surface area contributed by atoms with Gasteiger partial charge in [-0.3, -0.25) is 4.40 Å². The van der Waals surface area contributed by atoms with Crippen LogP contribution in [-0.2, 0) is 0 Å². The molecule has 2 heteroatoms. The lowest BCUT2D eigenvalue weighted by Crippen LogP contribution is -1.96. The fourth-order valence-electron chi connectivity index (χ4n) is 5.42. The maximum atomic E-state index is 4.83. The molecule has 0 fully saturated rings. The van der Waals surface area contributed by atoms with Crippen LogP contribution in [0.25, 0.3) is 49.6 Å². The number of fused-ring (bicyclic) bond motifs is 6. The molecule has 6 rings (SSSR count). The minimum atomic E-state index is 1.02. The van der Waals surface area contributed by atoms with E-state index in [1.54, 1.807) is 0 Å². The van der Waals surface area contributed by atoms with E-state index >= 15 is 0 Å². The van der Waals surface area contributed by atoms with E-state index in [0.717, 1.165) is 11.3 Å². The largest absolute Gasteiger partial charge is 0.296 e. The predicted octanol–water partition coefficient (Wildman–Crippen LogP) is 8.21. The highest BCUT2D eigenvalue weighted by Gasteiger charge is 2.17. The highest BCUT2D eigenvalue weighted by Crippen LogP contribution is 2.40. The average molecular weight is 427 g/mol. The quantitative estimate of drug-likeness (QED) is 0.255. The standard InChI is InChI=1S/C31H26N2/c1-19-9-5-6-12-24(19)25-13-8-14-26-30(25)27-17-23(29-20(2)10-7-11-21(29)3)15-16-28(27)33-22(4)18-32-31(26)33/h5-18H,1-4H3. The Morgan fingerprint density at radius 2 is 1.33 bits per heavy atom. The molecule has 33 heavy (non-hydrogen) atoms. The van der Waals surface area contributed by atoms with Gasteiger partial charge in [-0.25, -0.2) is 4.98 Å². The molecule has 2 aromatic heterocycles. The molecule has 2 heterocycles. The van der Waals surface area contributed by atoms with Crippen LogP contribution in [0.2, 0.25) is 0 Å². The van der Waals surface area contributed by atoms with E-state index in [2.05, 4.69) is 111 Å². The summed E-state index contributed by atoms with van der Waals surface area (Å²) in [6, 6.07) is 28.7. The molecule has 0 radical (unpaired) electrons. The molecule has 0 atom stereocenters. The summed E-state index contributed by atoms with van der Waals surface area (Å²) in [6.07, 6.45) is 1.98. The third-order valence-corrected chi connectivity index (χ3v) is 6.96. The second-order valence-electron chi connectivity index (χ2n) is 9.10. The van der Waals surface area contributed by atoms with E-state index in [1.165, 1.54) is 60.6 Å². The maximum Gasteiger partial charge on any atom is 0.145 e. The van der Waals surface area contributed by atoms with Gasteiger partial charge in [0.2, 0.25) is 0 Å². The van der Waals surface area contributed by atoms with Gasteiger partial charge < -0.3 is 0 Å². The Kier molecular flexibility index (Phi) is 4.38. The molecule has 0 spiro atoms. The molecular weight excluding hydrogens is 400 g/mol. The Labute approximate surface area is 194 Å². The van der Waals surface area contributed by atoms with Gasteiger partial charge in [-0.15, -0.1) is 0 Å². The molecular formula is C31H26N2. The summed E-state index contributed by atoms with van der Waals surface area (Å²) in [5, 5.41) is 3.72. The van der Waals surface area contributed by atoms with Crippen molar-refractivity contribution in [2.45, 2.75) is 27.7 Å². The number of imidazole rings is 1. The predicted molar refractivity (Wildman–Crippen MR) is 140 cm³/mol. The smallest absolute Gasteiger partial charge is 0.145 e. The normalized spacial score (nSPS) is 11.6. The van der Waals surface area contributed by atoms with E-state index < -0.39 is 0 Å². The third-order valence-electron chi connectivity index (χ3n) is 6.96. The molecule has 4 aromatic carbocycles. The van der Waals surface area contributed by atoms with Crippen LogP contribution in [0.3, 0.4) is 0 Å².